The summed E-state index contributed by atoms with van der Waals surface area (Å²) in [7, 11) is 0. The summed E-state index contributed by atoms with van der Waals surface area (Å²) in [5.41, 5.74) is 6.84. The molecule has 1 aromatic heterocycles. The molecule has 0 unspecified atom stereocenters. The highest BCUT2D eigenvalue weighted by molar-refractivity contribution is 5.09. The molecule has 1 heterocycles. The molecule has 3 heteroatoms. The Bertz CT molecular complexity index is 236. The highest BCUT2D eigenvalue weighted by Crippen LogP contribution is 1.99. The smallest absolute Gasteiger partial charge is 0.0270 e. The number of nitrogens with one attached hydrogen (secondary N) is 1. The van der Waals surface area contributed by atoms with Crippen LogP contribution in [-0.4, -0.2) is 24.1 Å². The van der Waals surface area contributed by atoms with Gasteiger partial charge in [0.15, 0.2) is 0 Å². The first-order valence-electron chi connectivity index (χ1n) is 5.15. The van der Waals surface area contributed by atoms with Gasteiger partial charge in [-0.15, -0.1) is 0 Å². The van der Waals surface area contributed by atoms with Gasteiger partial charge in [0, 0.05) is 25.0 Å². The highest BCUT2D eigenvalue weighted by Gasteiger charge is 1.96. The lowest BCUT2D eigenvalue weighted by Crippen LogP contribution is -2.33. The molecule has 0 fully saturated rings. The second-order valence-electron chi connectivity index (χ2n) is 3.55. The number of aryl methyl sites for hydroxylation is 1. The third-order valence-electron chi connectivity index (χ3n) is 2.24. The van der Waals surface area contributed by atoms with Gasteiger partial charge in [0.25, 0.3) is 0 Å². The van der Waals surface area contributed by atoms with Gasteiger partial charge in [0.05, 0.1) is 0 Å². The lowest BCUT2D eigenvalue weighted by atomic mass is 10.1. The van der Waals surface area contributed by atoms with Crippen molar-refractivity contribution in [3.63, 3.8) is 0 Å². The molecule has 0 aliphatic carbocycles. The van der Waals surface area contributed by atoms with Crippen LogP contribution in [0.2, 0.25) is 0 Å². The Morgan fingerprint density at radius 1 is 1.43 bits per heavy atom. The first kappa shape index (κ1) is 11.1. The lowest BCUT2D eigenvalue weighted by molar-refractivity contribution is 0.543. The van der Waals surface area contributed by atoms with Crippen molar-refractivity contribution in [2.45, 2.75) is 25.8 Å². The lowest BCUT2D eigenvalue weighted by Gasteiger charge is -2.10. The molecule has 0 amide bonds. The number of hydrogen-bond acceptors (Lipinski definition) is 3. The summed E-state index contributed by atoms with van der Waals surface area (Å²) in [5, 5.41) is 3.36. The van der Waals surface area contributed by atoms with Crippen molar-refractivity contribution >= 4 is 0 Å². The van der Waals surface area contributed by atoms with E-state index in [1.165, 1.54) is 5.56 Å². The zero-order valence-electron chi connectivity index (χ0n) is 8.74. The summed E-state index contributed by atoms with van der Waals surface area (Å²) in [6.45, 7) is 3.84. The van der Waals surface area contributed by atoms with Crippen molar-refractivity contribution in [3.8, 4) is 0 Å². The number of aromatic nitrogens is 1. The summed E-state index contributed by atoms with van der Waals surface area (Å²) in [4.78, 5) is 3.98. The molecule has 3 nitrogen and oxygen atoms in total. The maximum atomic E-state index is 5.49. The number of hydrogen-bond donors (Lipinski definition) is 2. The average Bonchev–Trinajstić information content (AvgIpc) is 2.25. The second-order valence-corrected chi connectivity index (χ2v) is 3.55. The van der Waals surface area contributed by atoms with Crippen LogP contribution in [-0.2, 0) is 6.42 Å². The van der Waals surface area contributed by atoms with Gasteiger partial charge in [-0.1, -0.05) is 0 Å². The molecule has 0 saturated carbocycles. The van der Waals surface area contributed by atoms with Gasteiger partial charge in [0.2, 0.25) is 0 Å². The van der Waals surface area contributed by atoms with Crippen LogP contribution in [0.5, 0.6) is 0 Å². The van der Waals surface area contributed by atoms with Crippen LogP contribution in [0.25, 0.3) is 0 Å². The summed E-state index contributed by atoms with van der Waals surface area (Å²) in [6, 6.07) is 4.55. The first-order chi connectivity index (χ1) is 6.83. The molecule has 78 valence electrons. The first-order valence-corrected chi connectivity index (χ1v) is 5.15. The number of nitrogens with two attached hydrogens (primary N) is 1. The van der Waals surface area contributed by atoms with E-state index < -0.39 is 0 Å². The van der Waals surface area contributed by atoms with Crippen LogP contribution >= 0.6 is 0 Å². The molecule has 3 N–H and O–H groups in total. The Hall–Kier alpha value is -0.930. The number of rotatable bonds is 6. The van der Waals surface area contributed by atoms with Crippen molar-refractivity contribution in [2.24, 2.45) is 5.73 Å². The van der Waals surface area contributed by atoms with E-state index in [1.807, 2.05) is 12.4 Å². The summed E-state index contributed by atoms with van der Waals surface area (Å²) in [5.74, 6) is 0. The Balaban J connectivity index is 2.10. The van der Waals surface area contributed by atoms with E-state index in [0.29, 0.717) is 12.6 Å². The van der Waals surface area contributed by atoms with Crippen molar-refractivity contribution in [3.05, 3.63) is 30.1 Å². The van der Waals surface area contributed by atoms with Gasteiger partial charge in [0.1, 0.15) is 0 Å². The molecule has 0 spiro atoms. The van der Waals surface area contributed by atoms with E-state index in [4.69, 9.17) is 5.73 Å². The number of pyridine rings is 1. The summed E-state index contributed by atoms with van der Waals surface area (Å²) >= 11 is 0. The molecule has 0 bridgehead atoms. The molecule has 0 radical (unpaired) electrons. The van der Waals surface area contributed by atoms with Crippen LogP contribution in [0.1, 0.15) is 18.9 Å². The normalized spacial score (nSPS) is 12.7. The van der Waals surface area contributed by atoms with Gasteiger partial charge in [-0.2, -0.15) is 0 Å². The SMILES string of the molecule is C[C@@H](CN)NCCCc1ccncc1. The third-order valence-corrected chi connectivity index (χ3v) is 2.24. The Morgan fingerprint density at radius 2 is 2.14 bits per heavy atom. The van der Waals surface area contributed by atoms with Crippen LogP contribution in [0.3, 0.4) is 0 Å². The molecular formula is C11H19N3. The fourth-order valence-electron chi connectivity index (χ4n) is 1.27. The van der Waals surface area contributed by atoms with E-state index in [-0.39, 0.29) is 0 Å². The maximum absolute atomic E-state index is 5.49. The van der Waals surface area contributed by atoms with Crippen LogP contribution < -0.4 is 11.1 Å². The predicted octanol–water partition coefficient (Wildman–Crippen LogP) is 0.951. The topological polar surface area (TPSA) is 50.9 Å². The molecule has 1 aromatic rings. The molecule has 1 rings (SSSR count). The van der Waals surface area contributed by atoms with Crippen LogP contribution in [0.15, 0.2) is 24.5 Å². The molecule has 1 atom stereocenters. The standard InChI is InChI=1S/C11H19N3/c1-10(9-12)14-6-2-3-11-4-7-13-8-5-11/h4-5,7-8,10,14H,2-3,6,9,12H2,1H3/t10-/m0/s1. The van der Waals surface area contributed by atoms with Crippen molar-refractivity contribution in [1.29, 1.82) is 0 Å². The minimum atomic E-state index is 0.424. The van der Waals surface area contributed by atoms with Crippen molar-refractivity contribution in [2.75, 3.05) is 13.1 Å². The van der Waals surface area contributed by atoms with E-state index in [1.54, 1.807) is 0 Å². The Morgan fingerprint density at radius 3 is 2.79 bits per heavy atom. The minimum Gasteiger partial charge on any atom is -0.329 e. The summed E-state index contributed by atoms with van der Waals surface area (Å²) in [6.07, 6.45) is 5.93. The number of nitrogens with zero attached hydrogens (tertiary/aromatic N) is 1. The average molecular weight is 193 g/mol. The van der Waals surface area contributed by atoms with Crippen LogP contribution in [0.4, 0.5) is 0 Å². The monoisotopic (exact) mass is 193 g/mol. The van der Waals surface area contributed by atoms with Crippen molar-refractivity contribution in [1.82, 2.24) is 10.3 Å². The molecule has 0 aliphatic heterocycles. The van der Waals surface area contributed by atoms with Gasteiger partial charge in [-0.3, -0.25) is 4.98 Å². The van der Waals surface area contributed by atoms with Gasteiger partial charge in [-0.05, 0) is 44.0 Å². The predicted molar refractivity (Wildman–Crippen MR) is 59.1 cm³/mol. The highest BCUT2D eigenvalue weighted by atomic mass is 14.9. The summed E-state index contributed by atoms with van der Waals surface area (Å²) < 4.78 is 0. The molecule has 0 aromatic carbocycles. The van der Waals surface area contributed by atoms with Crippen LogP contribution in [0, 0.1) is 0 Å². The fraction of sp³-hybridized carbons (Fsp3) is 0.545. The van der Waals surface area contributed by atoms with Gasteiger partial charge in [-0.25, -0.2) is 0 Å². The van der Waals surface area contributed by atoms with E-state index >= 15 is 0 Å². The molecule has 14 heavy (non-hydrogen) atoms. The molecular weight excluding hydrogens is 174 g/mol. The van der Waals surface area contributed by atoms with E-state index in [2.05, 4.69) is 29.4 Å². The van der Waals surface area contributed by atoms with Gasteiger partial charge < -0.3 is 11.1 Å². The Kier molecular flexibility index (Phi) is 5.19. The van der Waals surface area contributed by atoms with E-state index in [0.717, 1.165) is 19.4 Å². The largest absolute Gasteiger partial charge is 0.329 e. The van der Waals surface area contributed by atoms with E-state index in [9.17, 15) is 0 Å². The van der Waals surface area contributed by atoms with Gasteiger partial charge >= 0.3 is 0 Å². The maximum Gasteiger partial charge on any atom is 0.0270 e. The third kappa shape index (κ3) is 4.35. The Labute approximate surface area is 85.7 Å². The molecule has 0 aliphatic rings. The minimum absolute atomic E-state index is 0.424. The quantitative estimate of drug-likeness (QED) is 0.661. The zero-order chi connectivity index (χ0) is 10.2. The van der Waals surface area contributed by atoms with Crippen molar-refractivity contribution < 1.29 is 0 Å². The fourth-order valence-corrected chi connectivity index (χ4v) is 1.27. The second kappa shape index (κ2) is 6.51. The molecule has 0 saturated heterocycles. The zero-order valence-corrected chi connectivity index (χ0v) is 8.74.